The van der Waals surface area contributed by atoms with Crippen molar-refractivity contribution in [1.82, 2.24) is 5.32 Å². The maximum absolute atomic E-state index is 11.6. The first-order valence-electron chi connectivity index (χ1n) is 5.17. The molecule has 0 saturated heterocycles. The molecule has 0 spiro atoms. The predicted molar refractivity (Wildman–Crippen MR) is 51.5 cm³/mol. The summed E-state index contributed by atoms with van der Waals surface area (Å²) >= 11 is 0. The van der Waals surface area contributed by atoms with Crippen LogP contribution in [0.2, 0.25) is 0 Å². The van der Waals surface area contributed by atoms with E-state index in [4.69, 9.17) is 4.74 Å². The molecule has 0 radical (unpaired) electrons. The van der Waals surface area contributed by atoms with E-state index in [0.29, 0.717) is 6.61 Å². The Labute approximate surface area is 79.8 Å². The number of esters is 1. The molecule has 0 amide bonds. The molecule has 0 aromatic rings. The second kappa shape index (κ2) is 4.61. The van der Waals surface area contributed by atoms with E-state index in [0.717, 1.165) is 32.2 Å². The fourth-order valence-electron chi connectivity index (χ4n) is 1.62. The van der Waals surface area contributed by atoms with Gasteiger partial charge >= 0.3 is 5.97 Å². The van der Waals surface area contributed by atoms with Crippen molar-refractivity contribution in [3.05, 3.63) is 0 Å². The zero-order valence-corrected chi connectivity index (χ0v) is 8.56. The first kappa shape index (κ1) is 10.5. The third kappa shape index (κ3) is 2.21. The van der Waals surface area contributed by atoms with E-state index in [1.54, 1.807) is 0 Å². The summed E-state index contributed by atoms with van der Waals surface area (Å²) in [5.74, 6) is -0.0605. The van der Waals surface area contributed by atoms with Crippen molar-refractivity contribution >= 4 is 5.97 Å². The predicted octanol–water partition coefficient (Wildman–Crippen LogP) is 1.47. The molecule has 3 nitrogen and oxygen atoms in total. The number of ether oxygens (including phenoxy) is 1. The smallest absolute Gasteiger partial charge is 0.326 e. The molecule has 13 heavy (non-hydrogen) atoms. The molecule has 0 heterocycles. The summed E-state index contributed by atoms with van der Waals surface area (Å²) in [4.78, 5) is 11.6. The largest absolute Gasteiger partial charge is 0.465 e. The molecule has 1 fully saturated rings. The Morgan fingerprint density at radius 1 is 1.46 bits per heavy atom. The summed E-state index contributed by atoms with van der Waals surface area (Å²) in [7, 11) is 0. The highest BCUT2D eigenvalue weighted by molar-refractivity contribution is 5.82. The van der Waals surface area contributed by atoms with Crippen LogP contribution in [-0.2, 0) is 9.53 Å². The van der Waals surface area contributed by atoms with E-state index >= 15 is 0 Å². The van der Waals surface area contributed by atoms with E-state index in [1.807, 2.05) is 6.92 Å². The third-order valence-electron chi connectivity index (χ3n) is 2.59. The van der Waals surface area contributed by atoms with Gasteiger partial charge in [-0.1, -0.05) is 6.92 Å². The minimum Gasteiger partial charge on any atom is -0.465 e. The number of carbonyl (C=O) groups excluding carboxylic acids is 1. The molecule has 0 aromatic carbocycles. The fraction of sp³-hybridized carbons (Fsp3) is 0.900. The molecule has 1 aliphatic rings. The van der Waals surface area contributed by atoms with Gasteiger partial charge in [-0.15, -0.1) is 0 Å². The van der Waals surface area contributed by atoms with Crippen molar-refractivity contribution in [1.29, 1.82) is 0 Å². The summed E-state index contributed by atoms with van der Waals surface area (Å²) in [6, 6.07) is 0. The lowest BCUT2D eigenvalue weighted by molar-refractivity contribution is -0.155. The Balaban J connectivity index is 2.43. The van der Waals surface area contributed by atoms with Crippen LogP contribution in [0.5, 0.6) is 0 Å². The van der Waals surface area contributed by atoms with Crippen molar-refractivity contribution < 1.29 is 9.53 Å². The van der Waals surface area contributed by atoms with Crippen LogP contribution in [0.4, 0.5) is 0 Å². The molecule has 1 rings (SSSR count). The zero-order valence-electron chi connectivity index (χ0n) is 8.56. The van der Waals surface area contributed by atoms with Crippen LogP contribution in [0.3, 0.4) is 0 Å². The maximum atomic E-state index is 11.6. The van der Waals surface area contributed by atoms with E-state index < -0.39 is 0 Å². The van der Waals surface area contributed by atoms with Gasteiger partial charge in [0, 0.05) is 0 Å². The average Bonchev–Trinajstić information content (AvgIpc) is 2.03. The molecular formula is C10H19NO2. The Morgan fingerprint density at radius 3 is 2.54 bits per heavy atom. The molecule has 1 N–H and O–H groups in total. The van der Waals surface area contributed by atoms with E-state index in [1.165, 1.54) is 0 Å². The highest BCUT2D eigenvalue weighted by atomic mass is 16.5. The lowest BCUT2D eigenvalue weighted by atomic mass is 9.76. The molecular weight excluding hydrogens is 166 g/mol. The summed E-state index contributed by atoms with van der Waals surface area (Å²) in [5, 5.41) is 3.29. The van der Waals surface area contributed by atoms with Gasteiger partial charge in [0.05, 0.1) is 6.61 Å². The number of carbonyl (C=O) groups is 1. The van der Waals surface area contributed by atoms with Crippen LogP contribution in [0, 0.1) is 0 Å². The zero-order chi connectivity index (χ0) is 9.73. The van der Waals surface area contributed by atoms with Gasteiger partial charge in [0.25, 0.3) is 0 Å². The Hall–Kier alpha value is -0.570. The molecule has 0 bridgehead atoms. The van der Waals surface area contributed by atoms with Gasteiger partial charge in [-0.2, -0.15) is 0 Å². The van der Waals surface area contributed by atoms with Crippen molar-refractivity contribution in [2.45, 2.75) is 45.1 Å². The van der Waals surface area contributed by atoms with E-state index in [-0.39, 0.29) is 11.5 Å². The van der Waals surface area contributed by atoms with E-state index in [9.17, 15) is 4.79 Å². The van der Waals surface area contributed by atoms with Crippen molar-refractivity contribution in [2.24, 2.45) is 0 Å². The fourth-order valence-corrected chi connectivity index (χ4v) is 1.62. The Morgan fingerprint density at radius 2 is 2.15 bits per heavy atom. The topological polar surface area (TPSA) is 38.3 Å². The molecule has 1 saturated carbocycles. The Bertz CT molecular complexity index is 176. The standard InChI is InChI=1S/C10H19NO2/c1-3-8-11-10(6-5-7-10)9(12)13-4-2/h11H,3-8H2,1-2H3. The highest BCUT2D eigenvalue weighted by Gasteiger charge is 2.44. The molecule has 0 unspecified atom stereocenters. The minimum atomic E-state index is -0.327. The highest BCUT2D eigenvalue weighted by Crippen LogP contribution is 2.32. The van der Waals surface area contributed by atoms with Crippen molar-refractivity contribution in [3.63, 3.8) is 0 Å². The van der Waals surface area contributed by atoms with Crippen LogP contribution in [0.15, 0.2) is 0 Å². The van der Waals surface area contributed by atoms with Crippen LogP contribution >= 0.6 is 0 Å². The molecule has 0 atom stereocenters. The van der Waals surface area contributed by atoms with Gasteiger partial charge in [-0.05, 0) is 39.2 Å². The summed E-state index contributed by atoms with van der Waals surface area (Å²) < 4.78 is 5.04. The van der Waals surface area contributed by atoms with Crippen LogP contribution < -0.4 is 5.32 Å². The molecule has 1 aliphatic carbocycles. The van der Waals surface area contributed by atoms with Crippen molar-refractivity contribution in [2.75, 3.05) is 13.2 Å². The van der Waals surface area contributed by atoms with Gasteiger partial charge in [0.2, 0.25) is 0 Å². The maximum Gasteiger partial charge on any atom is 0.326 e. The van der Waals surface area contributed by atoms with Gasteiger partial charge in [0.1, 0.15) is 5.54 Å². The number of hydrogen-bond acceptors (Lipinski definition) is 3. The second-order valence-corrected chi connectivity index (χ2v) is 3.58. The van der Waals surface area contributed by atoms with Crippen molar-refractivity contribution in [3.8, 4) is 0 Å². The normalized spacial score (nSPS) is 19.2. The lowest BCUT2D eigenvalue weighted by Gasteiger charge is -2.39. The monoisotopic (exact) mass is 185 g/mol. The van der Waals surface area contributed by atoms with Crippen LogP contribution in [0.25, 0.3) is 0 Å². The summed E-state index contributed by atoms with van der Waals surface area (Å²) in [5.41, 5.74) is -0.327. The second-order valence-electron chi connectivity index (χ2n) is 3.58. The average molecular weight is 185 g/mol. The molecule has 0 aliphatic heterocycles. The van der Waals surface area contributed by atoms with E-state index in [2.05, 4.69) is 12.2 Å². The van der Waals surface area contributed by atoms with Gasteiger partial charge < -0.3 is 10.1 Å². The van der Waals surface area contributed by atoms with Gasteiger partial charge in [-0.25, -0.2) is 0 Å². The summed E-state index contributed by atoms with van der Waals surface area (Å²) in [6.45, 7) is 5.34. The number of hydrogen-bond donors (Lipinski definition) is 1. The number of rotatable bonds is 5. The quantitative estimate of drug-likeness (QED) is 0.659. The third-order valence-corrected chi connectivity index (χ3v) is 2.59. The van der Waals surface area contributed by atoms with Crippen LogP contribution in [0.1, 0.15) is 39.5 Å². The first-order chi connectivity index (χ1) is 6.25. The lowest BCUT2D eigenvalue weighted by Crippen LogP contribution is -2.58. The molecule has 0 aromatic heterocycles. The van der Waals surface area contributed by atoms with Crippen LogP contribution in [-0.4, -0.2) is 24.7 Å². The first-order valence-corrected chi connectivity index (χ1v) is 5.17. The SMILES string of the molecule is CCCNC1(C(=O)OCC)CCC1. The Kier molecular flexibility index (Phi) is 3.72. The molecule has 76 valence electrons. The summed E-state index contributed by atoms with van der Waals surface area (Å²) in [6.07, 6.45) is 4.06. The molecule has 3 heteroatoms. The minimum absolute atomic E-state index is 0.0605. The number of nitrogens with one attached hydrogen (secondary N) is 1. The van der Waals surface area contributed by atoms with Gasteiger partial charge in [-0.3, -0.25) is 4.79 Å². The van der Waals surface area contributed by atoms with Gasteiger partial charge in [0.15, 0.2) is 0 Å².